The molecule has 2 aliphatic rings. The van der Waals surface area contributed by atoms with Crippen molar-refractivity contribution < 1.29 is 4.74 Å². The fourth-order valence-electron chi connectivity index (χ4n) is 3.31. The predicted octanol–water partition coefficient (Wildman–Crippen LogP) is 1.90. The molecular weight excluding hydrogens is 162 g/mol. The first-order valence-electron chi connectivity index (χ1n) is 5.28. The number of hydrogen-bond acceptors (Lipinski definition) is 2. The highest BCUT2D eigenvalue weighted by atomic mass is 16.5. The summed E-state index contributed by atoms with van der Waals surface area (Å²) in [6.07, 6.45) is 1.29. The third-order valence-corrected chi connectivity index (χ3v) is 3.70. The maximum absolute atomic E-state index is 5.57. The topological polar surface area (TPSA) is 12.5 Å². The number of hydrogen-bond donors (Lipinski definition) is 0. The fourth-order valence-corrected chi connectivity index (χ4v) is 3.31. The van der Waals surface area contributed by atoms with E-state index < -0.39 is 0 Å². The van der Waals surface area contributed by atoms with E-state index in [4.69, 9.17) is 4.74 Å². The van der Waals surface area contributed by atoms with E-state index in [-0.39, 0.29) is 0 Å². The molecule has 1 atom stereocenters. The molecule has 2 heterocycles. The first-order valence-corrected chi connectivity index (χ1v) is 5.28. The monoisotopic (exact) mass is 183 g/mol. The van der Waals surface area contributed by atoms with Gasteiger partial charge in [-0.15, -0.1) is 0 Å². The standard InChI is InChI=1S/C11H21NO/c1-10(2)8-11(3,4)12-5-6-13-7-9(10)12/h9H,5-8H2,1-4H3. The minimum Gasteiger partial charge on any atom is -0.378 e. The molecule has 0 aromatic carbocycles. The van der Waals surface area contributed by atoms with Crippen LogP contribution in [0.1, 0.15) is 34.1 Å². The van der Waals surface area contributed by atoms with Crippen molar-refractivity contribution in [2.75, 3.05) is 19.8 Å². The van der Waals surface area contributed by atoms with Gasteiger partial charge in [-0.3, -0.25) is 4.90 Å². The van der Waals surface area contributed by atoms with Crippen LogP contribution >= 0.6 is 0 Å². The van der Waals surface area contributed by atoms with E-state index in [9.17, 15) is 0 Å². The van der Waals surface area contributed by atoms with Crippen molar-refractivity contribution in [3.63, 3.8) is 0 Å². The van der Waals surface area contributed by atoms with Gasteiger partial charge >= 0.3 is 0 Å². The largest absolute Gasteiger partial charge is 0.378 e. The minimum atomic E-state index is 0.373. The number of fused-ring (bicyclic) bond motifs is 1. The van der Waals surface area contributed by atoms with Crippen LogP contribution in [-0.4, -0.2) is 36.2 Å². The summed E-state index contributed by atoms with van der Waals surface area (Å²) in [5.74, 6) is 0. The van der Waals surface area contributed by atoms with Crippen LogP contribution in [0.2, 0.25) is 0 Å². The van der Waals surface area contributed by atoms with Gasteiger partial charge in [-0.05, 0) is 25.7 Å². The molecule has 13 heavy (non-hydrogen) atoms. The minimum absolute atomic E-state index is 0.373. The Labute approximate surface area is 81.3 Å². The van der Waals surface area contributed by atoms with Crippen LogP contribution in [0.3, 0.4) is 0 Å². The smallest absolute Gasteiger partial charge is 0.0627 e. The van der Waals surface area contributed by atoms with E-state index in [0.29, 0.717) is 17.0 Å². The molecule has 0 radical (unpaired) electrons. The lowest BCUT2D eigenvalue weighted by Crippen LogP contribution is -2.51. The van der Waals surface area contributed by atoms with Gasteiger partial charge in [0.2, 0.25) is 0 Å². The van der Waals surface area contributed by atoms with Gasteiger partial charge < -0.3 is 4.74 Å². The van der Waals surface area contributed by atoms with Crippen molar-refractivity contribution in [2.24, 2.45) is 5.41 Å². The third kappa shape index (κ3) is 1.40. The van der Waals surface area contributed by atoms with E-state index in [0.717, 1.165) is 19.8 Å². The normalized spacial score (nSPS) is 37.4. The van der Waals surface area contributed by atoms with Gasteiger partial charge in [0.15, 0.2) is 0 Å². The number of morpholine rings is 1. The Balaban J connectivity index is 2.25. The van der Waals surface area contributed by atoms with Gasteiger partial charge in [-0.1, -0.05) is 13.8 Å². The fraction of sp³-hybridized carbons (Fsp3) is 1.00. The average molecular weight is 183 g/mol. The molecule has 0 spiro atoms. The Bertz CT molecular complexity index is 188. The molecular formula is C11H21NO. The van der Waals surface area contributed by atoms with E-state index in [1.165, 1.54) is 6.42 Å². The lowest BCUT2D eigenvalue weighted by Gasteiger charge is -2.40. The van der Waals surface area contributed by atoms with E-state index in [1.807, 2.05) is 0 Å². The number of rotatable bonds is 0. The van der Waals surface area contributed by atoms with Crippen molar-refractivity contribution in [1.82, 2.24) is 4.90 Å². The van der Waals surface area contributed by atoms with Crippen LogP contribution in [0.15, 0.2) is 0 Å². The van der Waals surface area contributed by atoms with E-state index in [2.05, 4.69) is 32.6 Å². The van der Waals surface area contributed by atoms with Crippen LogP contribution in [0.4, 0.5) is 0 Å². The summed E-state index contributed by atoms with van der Waals surface area (Å²) >= 11 is 0. The lowest BCUT2D eigenvalue weighted by atomic mass is 9.81. The summed E-state index contributed by atoms with van der Waals surface area (Å²) in [7, 11) is 0. The highest BCUT2D eigenvalue weighted by Gasteiger charge is 2.51. The van der Waals surface area contributed by atoms with Crippen molar-refractivity contribution >= 4 is 0 Å². The zero-order chi connectivity index (χ0) is 9.69. The molecule has 2 aliphatic heterocycles. The highest BCUT2D eigenvalue weighted by Crippen LogP contribution is 2.46. The quantitative estimate of drug-likeness (QED) is 0.568. The lowest BCUT2D eigenvalue weighted by molar-refractivity contribution is -0.0388. The van der Waals surface area contributed by atoms with E-state index in [1.54, 1.807) is 0 Å². The Kier molecular flexibility index (Phi) is 1.97. The van der Waals surface area contributed by atoms with Crippen LogP contribution in [0.5, 0.6) is 0 Å². The van der Waals surface area contributed by atoms with Crippen LogP contribution in [-0.2, 0) is 4.74 Å². The molecule has 1 unspecified atom stereocenters. The van der Waals surface area contributed by atoms with Crippen molar-refractivity contribution in [2.45, 2.75) is 45.7 Å². The first kappa shape index (κ1) is 9.47. The van der Waals surface area contributed by atoms with Crippen LogP contribution in [0.25, 0.3) is 0 Å². The molecule has 2 saturated heterocycles. The summed E-state index contributed by atoms with van der Waals surface area (Å²) in [5.41, 5.74) is 0.794. The molecule has 2 heteroatoms. The Morgan fingerprint density at radius 2 is 1.92 bits per heavy atom. The number of nitrogens with zero attached hydrogens (tertiary/aromatic N) is 1. The van der Waals surface area contributed by atoms with Crippen molar-refractivity contribution in [3.8, 4) is 0 Å². The zero-order valence-electron chi connectivity index (χ0n) is 9.26. The summed E-state index contributed by atoms with van der Waals surface area (Å²) in [6.45, 7) is 12.4. The summed E-state index contributed by atoms with van der Waals surface area (Å²) in [5, 5.41) is 0. The Morgan fingerprint density at radius 3 is 2.54 bits per heavy atom. The molecule has 2 nitrogen and oxygen atoms in total. The van der Waals surface area contributed by atoms with Gasteiger partial charge in [0.05, 0.1) is 13.2 Å². The Morgan fingerprint density at radius 1 is 1.23 bits per heavy atom. The number of ether oxygens (including phenoxy) is 1. The summed E-state index contributed by atoms with van der Waals surface area (Å²) in [6, 6.07) is 0.635. The van der Waals surface area contributed by atoms with Gasteiger partial charge in [0.1, 0.15) is 0 Å². The van der Waals surface area contributed by atoms with E-state index >= 15 is 0 Å². The predicted molar refractivity (Wildman–Crippen MR) is 53.8 cm³/mol. The molecule has 2 rings (SSSR count). The molecule has 0 N–H and O–H groups in total. The molecule has 0 aliphatic carbocycles. The molecule has 76 valence electrons. The van der Waals surface area contributed by atoms with Crippen LogP contribution < -0.4 is 0 Å². The molecule has 2 fully saturated rings. The maximum Gasteiger partial charge on any atom is 0.0627 e. The second-order valence-electron chi connectivity index (χ2n) is 5.76. The van der Waals surface area contributed by atoms with Gasteiger partial charge in [0, 0.05) is 18.1 Å². The van der Waals surface area contributed by atoms with Crippen molar-refractivity contribution in [3.05, 3.63) is 0 Å². The van der Waals surface area contributed by atoms with Crippen LogP contribution in [0, 0.1) is 5.41 Å². The second-order valence-corrected chi connectivity index (χ2v) is 5.76. The van der Waals surface area contributed by atoms with Gasteiger partial charge in [-0.25, -0.2) is 0 Å². The first-order chi connectivity index (χ1) is 5.93. The average Bonchev–Trinajstić information content (AvgIpc) is 2.20. The SMILES string of the molecule is CC1(C)CC(C)(C)N2CCOCC21. The zero-order valence-corrected chi connectivity index (χ0v) is 9.26. The molecule has 0 aromatic heterocycles. The third-order valence-electron chi connectivity index (χ3n) is 3.70. The highest BCUT2D eigenvalue weighted by molar-refractivity contribution is 5.05. The van der Waals surface area contributed by atoms with Gasteiger partial charge in [-0.2, -0.15) is 0 Å². The second kappa shape index (κ2) is 2.71. The summed E-state index contributed by atoms with van der Waals surface area (Å²) in [4.78, 5) is 2.64. The maximum atomic E-state index is 5.57. The molecule has 0 bridgehead atoms. The summed E-state index contributed by atoms with van der Waals surface area (Å²) < 4.78 is 5.57. The van der Waals surface area contributed by atoms with Crippen molar-refractivity contribution in [1.29, 1.82) is 0 Å². The molecule has 0 amide bonds. The Hall–Kier alpha value is -0.0800. The molecule has 0 aromatic rings. The molecule has 0 saturated carbocycles. The van der Waals surface area contributed by atoms with Gasteiger partial charge in [0.25, 0.3) is 0 Å².